The molecule has 0 aliphatic carbocycles. The number of piperidine rings is 1. The Kier molecular flexibility index (Phi) is 7.05. The van der Waals surface area contributed by atoms with Crippen LogP contribution < -0.4 is 14.5 Å². The second kappa shape index (κ2) is 10.8. The molecule has 2 aromatic carbocycles. The average molecular weight is 605 g/mol. The smallest absolute Gasteiger partial charge is 0.318 e. The van der Waals surface area contributed by atoms with Crippen molar-refractivity contribution in [3.63, 3.8) is 0 Å². The van der Waals surface area contributed by atoms with Gasteiger partial charge in [0.05, 0.1) is 41.6 Å². The molecule has 5 heterocycles. The second-order valence-corrected chi connectivity index (χ2v) is 12.4. The van der Waals surface area contributed by atoms with Gasteiger partial charge in [-0.1, -0.05) is 13.0 Å². The van der Waals surface area contributed by atoms with E-state index in [0.29, 0.717) is 60.1 Å². The number of fused-ring (bicyclic) bond motifs is 3. The van der Waals surface area contributed by atoms with E-state index in [9.17, 15) is 29.1 Å². The van der Waals surface area contributed by atoms with Gasteiger partial charge < -0.3 is 24.7 Å². The van der Waals surface area contributed by atoms with Crippen LogP contribution in [-0.2, 0) is 13.0 Å². The van der Waals surface area contributed by atoms with Gasteiger partial charge in [0, 0.05) is 37.5 Å². The molecule has 12 heteroatoms. The molecule has 3 aromatic rings. The Hall–Kier alpha value is -4.08. The van der Waals surface area contributed by atoms with E-state index < -0.39 is 35.5 Å². The van der Waals surface area contributed by atoms with Crippen LogP contribution in [0.2, 0.25) is 0 Å². The molecule has 0 bridgehead atoms. The number of ether oxygens (including phenoxy) is 1. The molecule has 4 atom stereocenters. The number of aliphatic hydroxyl groups excluding tert-OH is 1. The van der Waals surface area contributed by atoms with Gasteiger partial charge in [0.15, 0.2) is 0 Å². The number of hydrogen-bond acceptors (Lipinski definition) is 9. The van der Waals surface area contributed by atoms with Gasteiger partial charge in [0.25, 0.3) is 5.91 Å². The SMILES string of the molecule is CCc1c(F)ccc2cc(O)cc(N3Cc4nc(OCC56CCCN5CC(F)C6)nc(N5CCC(C#N)C(O)C5)c4C3=O)c12. The van der Waals surface area contributed by atoms with Crippen molar-refractivity contribution in [1.82, 2.24) is 14.9 Å². The molecule has 4 unspecified atom stereocenters. The summed E-state index contributed by atoms with van der Waals surface area (Å²) in [5.74, 6) is -1.13. The second-order valence-electron chi connectivity index (χ2n) is 12.4. The van der Waals surface area contributed by atoms with Crippen LogP contribution in [0.1, 0.15) is 54.2 Å². The standard InChI is InChI=1S/C32H34F2N6O4/c1-2-22-23(34)5-4-18-10-21(41)11-25(27(18)22)40-15-24-28(30(40)43)29(38-9-6-19(13-35)26(42)16-38)37-31(36-24)44-17-32-7-3-8-39(32)14-20(33)12-32/h4-5,10-11,19-20,26,41-42H,2-3,6-9,12,14-17H2,1H3. The normalized spacial score (nSPS) is 26.7. The molecule has 4 aliphatic heterocycles. The number of hydrogen-bond donors (Lipinski definition) is 2. The number of amides is 1. The molecule has 1 aromatic heterocycles. The summed E-state index contributed by atoms with van der Waals surface area (Å²) in [6, 6.07) is 8.13. The lowest BCUT2D eigenvalue weighted by atomic mass is 9.95. The summed E-state index contributed by atoms with van der Waals surface area (Å²) in [4.78, 5) is 28.9. The molecule has 230 valence electrons. The number of alkyl halides is 1. The van der Waals surface area contributed by atoms with Crippen LogP contribution >= 0.6 is 0 Å². The Labute approximate surface area is 253 Å². The van der Waals surface area contributed by atoms with E-state index in [4.69, 9.17) is 4.74 Å². The van der Waals surface area contributed by atoms with E-state index in [2.05, 4.69) is 20.9 Å². The van der Waals surface area contributed by atoms with Crippen LogP contribution in [0.3, 0.4) is 0 Å². The largest absolute Gasteiger partial charge is 0.508 e. The predicted molar refractivity (Wildman–Crippen MR) is 158 cm³/mol. The number of nitriles is 1. The lowest BCUT2D eigenvalue weighted by molar-refractivity contribution is 0.0992. The minimum Gasteiger partial charge on any atom is -0.508 e. The van der Waals surface area contributed by atoms with Crippen molar-refractivity contribution in [2.24, 2.45) is 5.92 Å². The summed E-state index contributed by atoms with van der Waals surface area (Å²) >= 11 is 0. The monoisotopic (exact) mass is 604 g/mol. The summed E-state index contributed by atoms with van der Waals surface area (Å²) in [6.07, 6.45) is 1.06. The zero-order chi connectivity index (χ0) is 30.7. The van der Waals surface area contributed by atoms with Crippen molar-refractivity contribution in [1.29, 1.82) is 5.26 Å². The molecule has 1 amide bonds. The van der Waals surface area contributed by atoms with Gasteiger partial charge in [-0.25, -0.2) is 8.78 Å². The third kappa shape index (κ3) is 4.61. The fraction of sp³-hybridized carbons (Fsp3) is 0.500. The number of aliphatic hydroxyl groups is 1. The van der Waals surface area contributed by atoms with Crippen molar-refractivity contribution >= 4 is 28.2 Å². The average Bonchev–Trinajstić information content (AvgIpc) is 3.64. The lowest BCUT2D eigenvalue weighted by Crippen LogP contribution is -2.45. The number of rotatable bonds is 6. The molecular weight excluding hydrogens is 570 g/mol. The number of phenolic OH excluding ortho intramolecular Hbond substituents is 1. The molecule has 0 saturated carbocycles. The number of β-amino-alcohol motifs (C(OH)–C–C–N with tert-alkyl or cyclic N) is 1. The highest BCUT2D eigenvalue weighted by molar-refractivity contribution is 6.16. The summed E-state index contributed by atoms with van der Waals surface area (Å²) in [5.41, 5.74) is 0.995. The third-order valence-electron chi connectivity index (χ3n) is 9.77. The molecule has 4 aliphatic rings. The van der Waals surface area contributed by atoms with Gasteiger partial charge in [0.1, 0.15) is 35.7 Å². The number of anilines is 2. The number of carbonyl (C=O) groups excluding carboxylic acids is 1. The van der Waals surface area contributed by atoms with Gasteiger partial charge in [-0.15, -0.1) is 0 Å². The van der Waals surface area contributed by atoms with Crippen LogP contribution in [0.15, 0.2) is 24.3 Å². The first-order valence-electron chi connectivity index (χ1n) is 15.2. The molecule has 3 fully saturated rings. The summed E-state index contributed by atoms with van der Waals surface area (Å²) in [5, 5.41) is 31.8. The molecule has 0 spiro atoms. The van der Waals surface area contributed by atoms with Crippen LogP contribution in [0.4, 0.5) is 20.3 Å². The summed E-state index contributed by atoms with van der Waals surface area (Å²) in [6.45, 7) is 3.74. The molecule has 10 nitrogen and oxygen atoms in total. The number of aromatic hydroxyl groups is 1. The Morgan fingerprint density at radius 3 is 2.84 bits per heavy atom. The molecule has 44 heavy (non-hydrogen) atoms. The Morgan fingerprint density at radius 1 is 1.23 bits per heavy atom. The fourth-order valence-electron chi connectivity index (χ4n) is 7.61. The van der Waals surface area contributed by atoms with Crippen LogP contribution in [0.25, 0.3) is 10.8 Å². The van der Waals surface area contributed by atoms with Crippen molar-refractivity contribution < 1.29 is 28.5 Å². The fourth-order valence-corrected chi connectivity index (χ4v) is 7.61. The lowest BCUT2D eigenvalue weighted by Gasteiger charge is -2.34. The van der Waals surface area contributed by atoms with Crippen molar-refractivity contribution in [3.05, 3.63) is 46.9 Å². The van der Waals surface area contributed by atoms with Crippen molar-refractivity contribution in [2.45, 2.75) is 63.4 Å². The van der Waals surface area contributed by atoms with Gasteiger partial charge in [-0.05, 0) is 55.3 Å². The van der Waals surface area contributed by atoms with Crippen LogP contribution in [0, 0.1) is 23.1 Å². The number of nitrogens with zero attached hydrogens (tertiary/aromatic N) is 6. The van der Waals surface area contributed by atoms with E-state index in [-0.39, 0.29) is 42.8 Å². The maximum atomic E-state index is 14.9. The summed E-state index contributed by atoms with van der Waals surface area (Å²) < 4.78 is 35.5. The first-order chi connectivity index (χ1) is 21.2. The van der Waals surface area contributed by atoms with Gasteiger partial charge >= 0.3 is 6.01 Å². The maximum absolute atomic E-state index is 14.9. The summed E-state index contributed by atoms with van der Waals surface area (Å²) in [7, 11) is 0. The van der Waals surface area contributed by atoms with E-state index in [1.54, 1.807) is 17.0 Å². The van der Waals surface area contributed by atoms with Crippen LogP contribution in [-0.4, -0.2) is 81.6 Å². The van der Waals surface area contributed by atoms with Crippen LogP contribution in [0.5, 0.6) is 11.8 Å². The van der Waals surface area contributed by atoms with Crippen molar-refractivity contribution in [3.8, 4) is 17.8 Å². The number of halogens is 2. The minimum absolute atomic E-state index is 0.0271. The number of aryl methyl sites for hydroxylation is 1. The first kappa shape index (κ1) is 28.7. The highest BCUT2D eigenvalue weighted by Crippen LogP contribution is 2.43. The topological polar surface area (TPSA) is 126 Å². The predicted octanol–water partition coefficient (Wildman–Crippen LogP) is 3.86. The van der Waals surface area contributed by atoms with E-state index >= 15 is 0 Å². The maximum Gasteiger partial charge on any atom is 0.318 e. The molecular formula is C32H34F2N6O4. The zero-order valence-electron chi connectivity index (χ0n) is 24.5. The van der Waals surface area contributed by atoms with Crippen molar-refractivity contribution in [2.75, 3.05) is 42.6 Å². The molecule has 7 rings (SSSR count). The van der Waals surface area contributed by atoms with E-state index in [1.165, 1.54) is 17.0 Å². The Balaban J connectivity index is 1.29. The van der Waals surface area contributed by atoms with E-state index in [0.717, 1.165) is 19.4 Å². The highest BCUT2D eigenvalue weighted by atomic mass is 19.1. The van der Waals surface area contributed by atoms with Gasteiger partial charge in [-0.3, -0.25) is 9.69 Å². The zero-order valence-corrected chi connectivity index (χ0v) is 24.5. The van der Waals surface area contributed by atoms with Gasteiger partial charge in [0.2, 0.25) is 0 Å². The molecule has 2 N–H and O–H groups in total. The third-order valence-corrected chi connectivity index (χ3v) is 9.77. The quantitative estimate of drug-likeness (QED) is 0.431. The van der Waals surface area contributed by atoms with Gasteiger partial charge in [-0.2, -0.15) is 15.2 Å². The molecule has 3 saturated heterocycles. The number of carbonyl (C=O) groups is 1. The minimum atomic E-state index is -0.938. The first-order valence-corrected chi connectivity index (χ1v) is 15.2. The molecule has 0 radical (unpaired) electrons. The van der Waals surface area contributed by atoms with E-state index in [1.807, 2.05) is 6.92 Å². The number of aromatic nitrogens is 2. The Bertz CT molecular complexity index is 1700. The highest BCUT2D eigenvalue weighted by Gasteiger charge is 2.49. The number of benzene rings is 2. The number of phenols is 1. The Morgan fingerprint density at radius 2 is 2.07 bits per heavy atom.